The largest absolute Gasteiger partial charge is 0.481 e. The van der Waals surface area contributed by atoms with Crippen LogP contribution in [0.3, 0.4) is 0 Å². The molecule has 0 spiro atoms. The lowest BCUT2D eigenvalue weighted by atomic mass is 10.1. The third kappa shape index (κ3) is 3.47. The van der Waals surface area contributed by atoms with Crippen molar-refractivity contribution < 1.29 is 14.7 Å². The van der Waals surface area contributed by atoms with E-state index < -0.39 is 11.5 Å². The highest BCUT2D eigenvalue weighted by Gasteiger charge is 2.32. The summed E-state index contributed by atoms with van der Waals surface area (Å²) < 4.78 is 0. The third-order valence-corrected chi connectivity index (χ3v) is 4.61. The molecule has 1 aliphatic carbocycles. The molecule has 3 N–H and O–H groups in total. The van der Waals surface area contributed by atoms with Gasteiger partial charge in [0.25, 0.3) is 0 Å². The molecule has 20 heavy (non-hydrogen) atoms. The van der Waals surface area contributed by atoms with Gasteiger partial charge in [0, 0.05) is 17.6 Å². The van der Waals surface area contributed by atoms with Gasteiger partial charge in [-0.1, -0.05) is 0 Å². The van der Waals surface area contributed by atoms with Crippen LogP contribution in [0.5, 0.6) is 0 Å². The number of aliphatic carboxylic acids is 1. The number of urea groups is 1. The Kier molecular flexibility index (Phi) is 4.27. The summed E-state index contributed by atoms with van der Waals surface area (Å²) in [5.41, 5.74) is -0.539. The summed E-state index contributed by atoms with van der Waals surface area (Å²) in [6, 6.07) is -0.343. The molecule has 6 nitrogen and oxygen atoms in total. The van der Waals surface area contributed by atoms with Crippen molar-refractivity contribution in [1.29, 1.82) is 0 Å². The van der Waals surface area contributed by atoms with Crippen LogP contribution in [-0.4, -0.2) is 28.1 Å². The Balaban J connectivity index is 1.86. The zero-order valence-electron chi connectivity index (χ0n) is 11.5. The first kappa shape index (κ1) is 14.8. The van der Waals surface area contributed by atoms with Gasteiger partial charge < -0.3 is 15.7 Å². The summed E-state index contributed by atoms with van der Waals surface area (Å²) in [7, 11) is 0. The SMILES string of the molecule is CC(C)(NC(=O)N[C@H]1CC[C@@H](C(=O)O)C1)c1nccs1. The molecule has 1 fully saturated rings. The van der Waals surface area contributed by atoms with Gasteiger partial charge in [-0.2, -0.15) is 0 Å². The van der Waals surface area contributed by atoms with Crippen molar-refractivity contribution in [2.75, 3.05) is 0 Å². The fraction of sp³-hybridized carbons (Fsp3) is 0.615. The van der Waals surface area contributed by atoms with E-state index in [1.165, 1.54) is 11.3 Å². The Morgan fingerprint density at radius 1 is 1.45 bits per heavy atom. The molecule has 1 aliphatic rings. The van der Waals surface area contributed by atoms with E-state index in [1.807, 2.05) is 19.2 Å². The van der Waals surface area contributed by atoms with Crippen molar-refractivity contribution in [3.63, 3.8) is 0 Å². The molecule has 0 aliphatic heterocycles. The normalized spacial score (nSPS) is 22.5. The number of carbonyl (C=O) groups excluding carboxylic acids is 1. The maximum atomic E-state index is 12.0. The van der Waals surface area contributed by atoms with Crippen molar-refractivity contribution in [3.05, 3.63) is 16.6 Å². The van der Waals surface area contributed by atoms with Gasteiger partial charge >= 0.3 is 12.0 Å². The smallest absolute Gasteiger partial charge is 0.315 e. The Hall–Kier alpha value is -1.63. The van der Waals surface area contributed by atoms with Gasteiger partial charge in [-0.15, -0.1) is 11.3 Å². The first-order valence-corrected chi connectivity index (χ1v) is 7.48. The summed E-state index contributed by atoms with van der Waals surface area (Å²) in [4.78, 5) is 27.1. The molecule has 110 valence electrons. The average Bonchev–Trinajstić information content (AvgIpc) is 2.97. The molecular weight excluding hydrogens is 278 g/mol. The number of carboxylic acid groups (broad SMARTS) is 1. The van der Waals surface area contributed by atoms with Crippen molar-refractivity contribution in [2.24, 2.45) is 5.92 Å². The van der Waals surface area contributed by atoms with E-state index in [0.717, 1.165) is 5.01 Å². The predicted molar refractivity (Wildman–Crippen MR) is 75.6 cm³/mol. The van der Waals surface area contributed by atoms with Gasteiger partial charge in [-0.25, -0.2) is 9.78 Å². The Morgan fingerprint density at radius 2 is 2.20 bits per heavy atom. The van der Waals surface area contributed by atoms with Crippen LogP contribution in [0.4, 0.5) is 4.79 Å². The molecule has 1 heterocycles. The molecule has 1 aromatic rings. The second-order valence-electron chi connectivity index (χ2n) is 5.61. The van der Waals surface area contributed by atoms with E-state index in [2.05, 4.69) is 15.6 Å². The summed E-state index contributed by atoms with van der Waals surface area (Å²) >= 11 is 1.49. The van der Waals surface area contributed by atoms with Crippen molar-refractivity contribution in [3.8, 4) is 0 Å². The standard InChI is InChI=1S/C13H19N3O3S/c1-13(2,11-14-5-6-20-11)16-12(19)15-9-4-3-8(7-9)10(17)18/h5-6,8-9H,3-4,7H2,1-2H3,(H,17,18)(H2,15,16,19)/t8-,9+/m1/s1. The van der Waals surface area contributed by atoms with Crippen LogP contribution < -0.4 is 10.6 Å². The van der Waals surface area contributed by atoms with Crippen molar-refractivity contribution >= 4 is 23.3 Å². The molecule has 0 radical (unpaired) electrons. The van der Waals surface area contributed by atoms with E-state index in [4.69, 9.17) is 5.11 Å². The molecule has 0 unspecified atom stereocenters. The molecule has 1 aromatic heterocycles. The third-order valence-electron chi connectivity index (χ3n) is 3.51. The lowest BCUT2D eigenvalue weighted by Gasteiger charge is -2.25. The first-order valence-electron chi connectivity index (χ1n) is 6.60. The van der Waals surface area contributed by atoms with Crippen LogP contribution >= 0.6 is 11.3 Å². The highest BCUT2D eigenvalue weighted by molar-refractivity contribution is 7.09. The summed E-state index contributed by atoms with van der Waals surface area (Å²) in [6.45, 7) is 3.78. The van der Waals surface area contributed by atoms with E-state index in [9.17, 15) is 9.59 Å². The van der Waals surface area contributed by atoms with Crippen LogP contribution in [0.2, 0.25) is 0 Å². The topological polar surface area (TPSA) is 91.3 Å². The molecule has 1 saturated carbocycles. The molecule has 0 bridgehead atoms. The predicted octanol–water partition coefficient (Wildman–Crippen LogP) is 1.93. The monoisotopic (exact) mass is 297 g/mol. The highest BCUT2D eigenvalue weighted by Crippen LogP contribution is 2.26. The van der Waals surface area contributed by atoms with Crippen molar-refractivity contribution in [1.82, 2.24) is 15.6 Å². The number of amides is 2. The van der Waals surface area contributed by atoms with Gasteiger partial charge in [0.05, 0.1) is 11.5 Å². The molecule has 2 rings (SSSR count). The minimum atomic E-state index is -0.780. The lowest BCUT2D eigenvalue weighted by molar-refractivity contribution is -0.141. The summed E-state index contributed by atoms with van der Waals surface area (Å²) in [5, 5.41) is 17.4. The van der Waals surface area contributed by atoms with Gasteiger partial charge in [0.15, 0.2) is 0 Å². The maximum absolute atomic E-state index is 12.0. The number of aromatic nitrogens is 1. The van der Waals surface area contributed by atoms with E-state index in [1.54, 1.807) is 6.20 Å². The lowest BCUT2D eigenvalue weighted by Crippen LogP contribution is -2.49. The first-order chi connectivity index (χ1) is 9.38. The van der Waals surface area contributed by atoms with Crippen LogP contribution in [-0.2, 0) is 10.3 Å². The fourth-order valence-corrected chi connectivity index (χ4v) is 3.15. The Morgan fingerprint density at radius 3 is 2.75 bits per heavy atom. The van der Waals surface area contributed by atoms with Crippen molar-refractivity contribution in [2.45, 2.75) is 44.7 Å². The average molecular weight is 297 g/mol. The van der Waals surface area contributed by atoms with E-state index in [-0.39, 0.29) is 18.0 Å². The molecule has 0 saturated heterocycles. The highest BCUT2D eigenvalue weighted by atomic mass is 32.1. The van der Waals surface area contributed by atoms with Gasteiger partial charge in [-0.3, -0.25) is 4.79 Å². The quantitative estimate of drug-likeness (QED) is 0.792. The molecule has 2 atom stereocenters. The fourth-order valence-electron chi connectivity index (χ4n) is 2.43. The number of hydrogen-bond acceptors (Lipinski definition) is 4. The number of rotatable bonds is 4. The van der Waals surface area contributed by atoms with Gasteiger partial charge in [0.1, 0.15) is 5.01 Å². The van der Waals surface area contributed by atoms with Crippen LogP contribution in [0.15, 0.2) is 11.6 Å². The number of nitrogens with one attached hydrogen (secondary N) is 2. The second-order valence-corrected chi connectivity index (χ2v) is 6.50. The number of nitrogens with zero attached hydrogens (tertiary/aromatic N) is 1. The molecule has 2 amide bonds. The molecular formula is C13H19N3O3S. The van der Waals surface area contributed by atoms with Gasteiger partial charge in [0.2, 0.25) is 0 Å². The minimum Gasteiger partial charge on any atom is -0.481 e. The summed E-state index contributed by atoms with van der Waals surface area (Å²) in [5.74, 6) is -1.12. The van der Waals surface area contributed by atoms with Crippen LogP contribution in [0, 0.1) is 5.92 Å². The van der Waals surface area contributed by atoms with Crippen LogP contribution in [0.1, 0.15) is 38.1 Å². The van der Waals surface area contributed by atoms with Crippen LogP contribution in [0.25, 0.3) is 0 Å². The Labute approximate surface area is 121 Å². The second kappa shape index (κ2) is 5.78. The zero-order chi connectivity index (χ0) is 14.8. The number of carbonyl (C=O) groups is 2. The molecule has 0 aromatic carbocycles. The summed E-state index contributed by atoms with van der Waals surface area (Å²) in [6.07, 6.45) is 3.54. The minimum absolute atomic E-state index is 0.0665. The zero-order valence-corrected chi connectivity index (χ0v) is 12.4. The van der Waals surface area contributed by atoms with Gasteiger partial charge in [-0.05, 0) is 33.1 Å². The van der Waals surface area contributed by atoms with E-state index >= 15 is 0 Å². The van der Waals surface area contributed by atoms with E-state index in [0.29, 0.717) is 19.3 Å². The maximum Gasteiger partial charge on any atom is 0.315 e. The number of hydrogen-bond donors (Lipinski definition) is 3. The molecule has 7 heteroatoms. The number of carboxylic acids is 1. The number of thiazole rings is 1. The Bertz CT molecular complexity index is 487.